The Morgan fingerprint density at radius 1 is 1.03 bits per heavy atom. The fraction of sp³-hybridized carbons (Fsp3) is 0.350. The number of aliphatic carboxylic acids is 1. The number of hydrogen-bond donors (Lipinski definition) is 1. The number of ether oxygens (including phenoxy) is 1. The molecule has 2 aromatic rings. The second-order valence-corrected chi connectivity index (χ2v) is 9.66. The number of rotatable bonds is 9. The van der Waals surface area contributed by atoms with Gasteiger partial charge in [0.25, 0.3) is 0 Å². The minimum Gasteiger partial charge on any atom is -0.480 e. The Kier molecular flexibility index (Phi) is 9.60. The fourth-order valence-corrected chi connectivity index (χ4v) is 5.18. The van der Waals surface area contributed by atoms with E-state index >= 15 is 0 Å². The van der Waals surface area contributed by atoms with Crippen LogP contribution in [0.4, 0.5) is 0 Å². The van der Waals surface area contributed by atoms with Crippen LogP contribution in [0.1, 0.15) is 0 Å². The summed E-state index contributed by atoms with van der Waals surface area (Å²) in [5, 5.41) is 9.20. The van der Waals surface area contributed by atoms with E-state index in [0.29, 0.717) is 32.8 Å². The van der Waals surface area contributed by atoms with Crippen molar-refractivity contribution < 1.29 is 23.1 Å². The maximum atomic E-state index is 13.0. The molecule has 30 heavy (non-hydrogen) atoms. The molecule has 0 saturated carbocycles. The van der Waals surface area contributed by atoms with Crippen LogP contribution >= 0.6 is 24.2 Å². The molecule has 7 nitrogen and oxygen atoms in total. The largest absolute Gasteiger partial charge is 0.480 e. The maximum Gasteiger partial charge on any atom is 0.318 e. The van der Waals surface area contributed by atoms with Gasteiger partial charge in [0.1, 0.15) is 6.54 Å². The lowest BCUT2D eigenvalue weighted by Crippen LogP contribution is -2.44. The Morgan fingerprint density at radius 3 is 2.23 bits per heavy atom. The monoisotopic (exact) mass is 472 g/mol. The van der Waals surface area contributed by atoms with E-state index < -0.39 is 22.5 Å². The van der Waals surface area contributed by atoms with Gasteiger partial charge < -0.3 is 9.84 Å². The molecule has 2 aromatic carbocycles. The average molecular weight is 473 g/mol. The molecule has 3 rings (SSSR count). The lowest BCUT2D eigenvalue weighted by Gasteiger charge is -2.29. The van der Waals surface area contributed by atoms with Crippen molar-refractivity contribution in [1.82, 2.24) is 9.21 Å². The molecule has 0 unspecified atom stereocenters. The highest BCUT2D eigenvalue weighted by atomic mass is 35.5. The first-order chi connectivity index (χ1) is 13.9. The van der Waals surface area contributed by atoms with Crippen LogP contribution < -0.4 is 0 Å². The van der Waals surface area contributed by atoms with Crippen LogP contribution in [0.3, 0.4) is 0 Å². The summed E-state index contributed by atoms with van der Waals surface area (Å²) in [5.74, 6) is -1.17. The van der Waals surface area contributed by atoms with Gasteiger partial charge in [-0.25, -0.2) is 8.42 Å². The molecule has 1 heterocycles. The molecule has 0 spiro atoms. The number of sulfonamides is 1. The van der Waals surface area contributed by atoms with Crippen molar-refractivity contribution in [2.24, 2.45) is 0 Å². The van der Waals surface area contributed by atoms with E-state index in [1.807, 2.05) is 30.3 Å². The van der Waals surface area contributed by atoms with Crippen molar-refractivity contribution in [3.05, 3.63) is 54.6 Å². The van der Waals surface area contributed by atoms with E-state index in [9.17, 15) is 18.3 Å². The summed E-state index contributed by atoms with van der Waals surface area (Å²) in [7, 11) is -3.90. The summed E-state index contributed by atoms with van der Waals surface area (Å²) >= 11 is 1.53. The summed E-state index contributed by atoms with van der Waals surface area (Å²) in [6.45, 7) is 2.66. The fourth-order valence-electron chi connectivity index (χ4n) is 2.97. The number of hydrogen-bond acceptors (Lipinski definition) is 6. The first-order valence-electron chi connectivity index (χ1n) is 9.30. The van der Waals surface area contributed by atoms with E-state index in [2.05, 4.69) is 4.90 Å². The van der Waals surface area contributed by atoms with E-state index in [-0.39, 0.29) is 23.8 Å². The zero-order chi connectivity index (χ0) is 20.7. The third-order valence-corrected chi connectivity index (χ3v) is 7.40. The standard InChI is InChI=1S/C20H24N2O5S2.ClH/c23-20(24)16-22(11-10-21-12-14-27-15-13-21)29(25,26)19-8-6-18(7-9-19)28-17-4-2-1-3-5-17;/h1-9H,10-16H2,(H,23,24);1H. The van der Waals surface area contributed by atoms with Crippen LogP contribution in [0.5, 0.6) is 0 Å². The SMILES string of the molecule is Cl.O=C(O)CN(CCN1CCOCC1)S(=O)(=O)c1ccc(Sc2ccccc2)cc1. The van der Waals surface area contributed by atoms with Crippen molar-refractivity contribution in [1.29, 1.82) is 0 Å². The van der Waals surface area contributed by atoms with Crippen LogP contribution in [-0.2, 0) is 19.6 Å². The molecule has 10 heteroatoms. The summed E-state index contributed by atoms with van der Waals surface area (Å²) < 4.78 is 32.4. The minimum atomic E-state index is -3.90. The molecule has 1 fully saturated rings. The number of nitrogens with zero attached hydrogens (tertiary/aromatic N) is 2. The number of halogens is 1. The molecule has 1 aliphatic rings. The third kappa shape index (κ3) is 6.97. The summed E-state index contributed by atoms with van der Waals surface area (Å²) in [6.07, 6.45) is 0. The molecule has 0 aromatic heterocycles. The molecular weight excluding hydrogens is 448 g/mol. The highest BCUT2D eigenvalue weighted by Gasteiger charge is 2.27. The van der Waals surface area contributed by atoms with Crippen molar-refractivity contribution >= 4 is 40.2 Å². The molecule has 0 bridgehead atoms. The number of carboxylic acids is 1. The van der Waals surface area contributed by atoms with Gasteiger partial charge in [-0.15, -0.1) is 12.4 Å². The number of morpholine rings is 1. The highest BCUT2D eigenvalue weighted by molar-refractivity contribution is 7.99. The maximum absolute atomic E-state index is 13.0. The van der Waals surface area contributed by atoms with Crippen molar-refractivity contribution in [3.8, 4) is 0 Å². The molecule has 1 saturated heterocycles. The first kappa shape index (κ1) is 24.6. The van der Waals surface area contributed by atoms with Crippen molar-refractivity contribution in [2.45, 2.75) is 14.7 Å². The number of carboxylic acid groups (broad SMARTS) is 1. The van der Waals surface area contributed by atoms with Gasteiger partial charge in [-0.05, 0) is 36.4 Å². The predicted octanol–water partition coefficient (Wildman–Crippen LogP) is 2.67. The normalized spacial score (nSPS) is 15.0. The molecule has 164 valence electrons. The van der Waals surface area contributed by atoms with Crippen LogP contribution in [0.2, 0.25) is 0 Å². The lowest BCUT2D eigenvalue weighted by atomic mass is 10.4. The second-order valence-electron chi connectivity index (χ2n) is 6.57. The molecule has 1 N–H and O–H groups in total. The molecule has 0 aliphatic carbocycles. The number of benzene rings is 2. The van der Waals surface area contributed by atoms with E-state index in [1.165, 1.54) is 23.9 Å². The van der Waals surface area contributed by atoms with Gasteiger partial charge in [-0.3, -0.25) is 9.69 Å². The van der Waals surface area contributed by atoms with Crippen LogP contribution in [0.15, 0.2) is 69.3 Å². The van der Waals surface area contributed by atoms with Gasteiger partial charge in [0.05, 0.1) is 18.1 Å². The van der Waals surface area contributed by atoms with Crippen molar-refractivity contribution in [3.63, 3.8) is 0 Å². The molecule has 0 radical (unpaired) electrons. The first-order valence-corrected chi connectivity index (χ1v) is 11.6. The van der Waals surface area contributed by atoms with E-state index in [4.69, 9.17) is 4.74 Å². The van der Waals surface area contributed by atoms with Gasteiger partial charge in [0.15, 0.2) is 0 Å². The van der Waals surface area contributed by atoms with E-state index in [1.54, 1.807) is 12.1 Å². The Balaban J connectivity index is 0.00000320. The zero-order valence-electron chi connectivity index (χ0n) is 16.3. The second kappa shape index (κ2) is 11.7. The van der Waals surface area contributed by atoms with Crippen molar-refractivity contribution in [2.75, 3.05) is 45.9 Å². The smallest absolute Gasteiger partial charge is 0.318 e. The molecular formula is C20H25ClN2O5S2. The van der Waals surface area contributed by atoms with E-state index in [0.717, 1.165) is 14.1 Å². The lowest BCUT2D eigenvalue weighted by molar-refractivity contribution is -0.137. The van der Waals surface area contributed by atoms with Crippen LogP contribution in [0, 0.1) is 0 Å². The number of carbonyl (C=O) groups is 1. The highest BCUT2D eigenvalue weighted by Crippen LogP contribution is 2.28. The van der Waals surface area contributed by atoms with Gasteiger partial charge in [0, 0.05) is 36.0 Å². The van der Waals surface area contributed by atoms with Crippen LogP contribution in [-0.4, -0.2) is 74.6 Å². The quantitative estimate of drug-likeness (QED) is 0.600. The average Bonchev–Trinajstić information content (AvgIpc) is 2.73. The molecule has 1 aliphatic heterocycles. The summed E-state index contributed by atoms with van der Waals surface area (Å²) in [5.41, 5.74) is 0. The molecule has 0 atom stereocenters. The minimum absolute atomic E-state index is 0. The van der Waals surface area contributed by atoms with Crippen LogP contribution in [0.25, 0.3) is 0 Å². The summed E-state index contributed by atoms with van der Waals surface area (Å²) in [4.78, 5) is 15.4. The topological polar surface area (TPSA) is 87.2 Å². The van der Waals surface area contributed by atoms with Gasteiger partial charge in [-0.2, -0.15) is 4.31 Å². The molecule has 0 amide bonds. The van der Waals surface area contributed by atoms with Gasteiger partial charge >= 0.3 is 5.97 Å². The zero-order valence-corrected chi connectivity index (χ0v) is 18.8. The summed E-state index contributed by atoms with van der Waals surface area (Å²) in [6, 6.07) is 16.3. The van der Waals surface area contributed by atoms with Gasteiger partial charge in [0.2, 0.25) is 10.0 Å². The van der Waals surface area contributed by atoms with Gasteiger partial charge in [-0.1, -0.05) is 30.0 Å². The Bertz CT molecular complexity index is 905. The Morgan fingerprint density at radius 2 is 1.63 bits per heavy atom. The third-order valence-electron chi connectivity index (χ3n) is 4.52. The Hall–Kier alpha value is -1.62. The Labute approximate surface area is 187 Å². The predicted molar refractivity (Wildman–Crippen MR) is 118 cm³/mol.